The highest BCUT2D eigenvalue weighted by molar-refractivity contribution is 7.90. The lowest BCUT2D eigenvalue weighted by Crippen LogP contribution is -2.13. The number of ether oxygens (including phenoxy) is 2. The molecule has 7 heteroatoms. The van der Waals surface area contributed by atoms with E-state index in [0.717, 1.165) is 5.56 Å². The van der Waals surface area contributed by atoms with Crippen LogP contribution in [0.1, 0.15) is 5.56 Å². The monoisotopic (exact) mass is 359 g/mol. The van der Waals surface area contributed by atoms with Crippen molar-refractivity contribution >= 4 is 26.9 Å². The molecule has 0 bridgehead atoms. The molecule has 1 aromatic heterocycles. The minimum absolute atomic E-state index is 0.205. The van der Waals surface area contributed by atoms with Crippen molar-refractivity contribution in [3.05, 3.63) is 60.3 Å². The van der Waals surface area contributed by atoms with Crippen molar-refractivity contribution in [2.45, 2.75) is 11.8 Å². The Morgan fingerprint density at radius 3 is 2.48 bits per heavy atom. The molecule has 0 saturated carbocycles. The minimum atomic E-state index is -3.72. The maximum atomic E-state index is 12.9. The Balaban J connectivity index is 2.03. The topological polar surface area (TPSA) is 74.6 Å². The Morgan fingerprint density at radius 1 is 1.08 bits per heavy atom. The number of carbonyl (C=O) groups excluding carboxylic acids is 1. The maximum Gasteiger partial charge on any atom is 0.343 e. The number of esters is 1. The van der Waals surface area contributed by atoms with Crippen molar-refractivity contribution in [3.8, 4) is 5.75 Å². The first-order valence-electron chi connectivity index (χ1n) is 7.55. The van der Waals surface area contributed by atoms with Gasteiger partial charge >= 0.3 is 5.97 Å². The molecule has 0 aliphatic heterocycles. The summed E-state index contributed by atoms with van der Waals surface area (Å²) < 4.78 is 37.0. The summed E-state index contributed by atoms with van der Waals surface area (Å²) in [4.78, 5) is 11.5. The molecule has 3 rings (SSSR count). The van der Waals surface area contributed by atoms with Gasteiger partial charge in [-0.2, -0.15) is 0 Å². The van der Waals surface area contributed by atoms with E-state index in [2.05, 4.69) is 4.74 Å². The predicted molar refractivity (Wildman–Crippen MR) is 93.2 cm³/mol. The van der Waals surface area contributed by atoms with Crippen LogP contribution in [0.15, 0.2) is 59.6 Å². The summed E-state index contributed by atoms with van der Waals surface area (Å²) in [6.07, 6.45) is 1.48. The molecule has 130 valence electrons. The van der Waals surface area contributed by atoms with Crippen molar-refractivity contribution in [2.75, 3.05) is 13.7 Å². The third kappa shape index (κ3) is 3.23. The number of hydrogen-bond acceptors (Lipinski definition) is 5. The summed E-state index contributed by atoms with van der Waals surface area (Å²) in [6, 6.07) is 13.3. The Bertz CT molecular complexity index is 1020. The smallest absolute Gasteiger partial charge is 0.343 e. The minimum Gasteiger partial charge on any atom is -0.481 e. The van der Waals surface area contributed by atoms with Crippen molar-refractivity contribution in [1.29, 1.82) is 0 Å². The number of carbonyl (C=O) groups is 1. The molecule has 3 aromatic rings. The largest absolute Gasteiger partial charge is 0.481 e. The molecule has 0 saturated heterocycles. The standard InChI is InChI=1S/C18H17NO5S/c1-13-6-8-14(9-7-13)25(21,22)19-11-10-15-16(19)4-3-5-17(15)24-12-18(20)23-2/h3-11H,12H2,1-2H3. The van der Waals surface area contributed by atoms with E-state index in [4.69, 9.17) is 4.74 Å². The van der Waals surface area contributed by atoms with Crippen molar-refractivity contribution in [3.63, 3.8) is 0 Å². The average molecular weight is 359 g/mol. The van der Waals surface area contributed by atoms with Crippen molar-refractivity contribution < 1.29 is 22.7 Å². The van der Waals surface area contributed by atoms with Gasteiger partial charge in [0.2, 0.25) is 0 Å². The van der Waals surface area contributed by atoms with Crippen LogP contribution in [0, 0.1) is 6.92 Å². The molecule has 0 aliphatic carbocycles. The lowest BCUT2D eigenvalue weighted by Gasteiger charge is -2.09. The molecule has 25 heavy (non-hydrogen) atoms. The van der Waals surface area contributed by atoms with E-state index in [1.807, 2.05) is 6.92 Å². The highest BCUT2D eigenvalue weighted by atomic mass is 32.2. The van der Waals surface area contributed by atoms with E-state index in [0.29, 0.717) is 16.7 Å². The first kappa shape index (κ1) is 17.0. The van der Waals surface area contributed by atoms with Gasteiger partial charge in [0.1, 0.15) is 5.75 Å². The van der Waals surface area contributed by atoms with Crippen LogP contribution in [0.2, 0.25) is 0 Å². The van der Waals surface area contributed by atoms with Crippen LogP contribution in [-0.4, -0.2) is 32.1 Å². The summed E-state index contributed by atoms with van der Waals surface area (Å²) in [5.41, 5.74) is 1.46. The fraction of sp³-hybridized carbons (Fsp3) is 0.167. The van der Waals surface area contributed by atoms with Gasteiger partial charge in [0.25, 0.3) is 10.0 Å². The lowest BCUT2D eigenvalue weighted by molar-refractivity contribution is -0.142. The van der Waals surface area contributed by atoms with Gasteiger partial charge in [-0.1, -0.05) is 23.8 Å². The molecule has 2 aromatic carbocycles. The average Bonchev–Trinajstić information content (AvgIpc) is 3.05. The Kier molecular flexibility index (Phi) is 4.50. The number of nitrogens with zero attached hydrogens (tertiary/aromatic N) is 1. The SMILES string of the molecule is COC(=O)COc1cccc2c1ccn2S(=O)(=O)c1ccc(C)cc1. The molecular weight excluding hydrogens is 342 g/mol. The van der Waals surface area contributed by atoms with Crippen LogP contribution in [-0.2, 0) is 19.6 Å². The van der Waals surface area contributed by atoms with Crippen LogP contribution in [0.25, 0.3) is 10.9 Å². The Morgan fingerprint density at radius 2 is 1.80 bits per heavy atom. The van der Waals surface area contributed by atoms with Gasteiger partial charge in [0.05, 0.1) is 17.5 Å². The van der Waals surface area contributed by atoms with Crippen LogP contribution in [0.3, 0.4) is 0 Å². The molecule has 0 radical (unpaired) electrons. The summed E-state index contributed by atoms with van der Waals surface area (Å²) in [5.74, 6) is -0.0931. The molecule has 0 aliphatic rings. The number of fused-ring (bicyclic) bond motifs is 1. The van der Waals surface area contributed by atoms with Crippen LogP contribution in [0.4, 0.5) is 0 Å². The highest BCUT2D eigenvalue weighted by Gasteiger charge is 2.20. The van der Waals surface area contributed by atoms with Crippen LogP contribution in [0.5, 0.6) is 5.75 Å². The third-order valence-electron chi connectivity index (χ3n) is 3.81. The fourth-order valence-corrected chi connectivity index (χ4v) is 3.82. The van der Waals surface area contributed by atoms with Gasteiger partial charge in [0.15, 0.2) is 6.61 Å². The number of aryl methyl sites for hydroxylation is 1. The van der Waals surface area contributed by atoms with E-state index in [-0.39, 0.29) is 11.5 Å². The quantitative estimate of drug-likeness (QED) is 0.655. The third-order valence-corrected chi connectivity index (χ3v) is 5.51. The Hall–Kier alpha value is -2.80. The summed E-state index contributed by atoms with van der Waals surface area (Å²) in [7, 11) is -2.45. The number of rotatable bonds is 5. The van der Waals surface area contributed by atoms with E-state index < -0.39 is 16.0 Å². The van der Waals surface area contributed by atoms with Gasteiger partial charge < -0.3 is 9.47 Å². The molecule has 0 N–H and O–H groups in total. The van der Waals surface area contributed by atoms with Gasteiger partial charge in [0, 0.05) is 11.6 Å². The van der Waals surface area contributed by atoms with Crippen LogP contribution < -0.4 is 4.74 Å². The van der Waals surface area contributed by atoms with Gasteiger partial charge in [-0.15, -0.1) is 0 Å². The first-order chi connectivity index (χ1) is 11.9. The van der Waals surface area contributed by atoms with Crippen LogP contribution >= 0.6 is 0 Å². The Labute approximate surface area is 145 Å². The molecule has 0 amide bonds. The van der Waals surface area contributed by atoms with E-state index >= 15 is 0 Å². The molecule has 0 fully saturated rings. The second-order valence-corrected chi connectivity index (χ2v) is 7.30. The molecule has 0 atom stereocenters. The van der Waals surface area contributed by atoms with E-state index in [1.165, 1.54) is 17.3 Å². The molecule has 0 spiro atoms. The molecule has 1 heterocycles. The molecular formula is C18H17NO5S. The second-order valence-electron chi connectivity index (χ2n) is 5.48. The maximum absolute atomic E-state index is 12.9. The molecule has 0 unspecified atom stereocenters. The first-order valence-corrected chi connectivity index (χ1v) is 8.99. The van der Waals surface area contributed by atoms with E-state index in [1.54, 1.807) is 48.5 Å². The molecule has 6 nitrogen and oxygen atoms in total. The number of benzene rings is 2. The van der Waals surface area contributed by atoms with Gasteiger partial charge in [-0.05, 0) is 37.3 Å². The summed E-state index contributed by atoms with van der Waals surface area (Å²) >= 11 is 0. The number of hydrogen-bond donors (Lipinski definition) is 0. The number of methoxy groups -OCH3 is 1. The highest BCUT2D eigenvalue weighted by Crippen LogP contribution is 2.29. The predicted octanol–water partition coefficient (Wildman–Crippen LogP) is 2.74. The zero-order chi connectivity index (χ0) is 18.0. The fourth-order valence-electron chi connectivity index (χ4n) is 2.47. The zero-order valence-electron chi connectivity index (χ0n) is 13.8. The van der Waals surface area contributed by atoms with Crippen molar-refractivity contribution in [2.24, 2.45) is 0 Å². The van der Waals surface area contributed by atoms with Gasteiger partial charge in [-0.25, -0.2) is 17.2 Å². The van der Waals surface area contributed by atoms with Gasteiger partial charge in [-0.3, -0.25) is 0 Å². The normalized spacial score (nSPS) is 11.4. The van der Waals surface area contributed by atoms with Crippen molar-refractivity contribution in [1.82, 2.24) is 3.97 Å². The van der Waals surface area contributed by atoms with E-state index in [9.17, 15) is 13.2 Å². The summed E-state index contributed by atoms with van der Waals surface area (Å²) in [6.45, 7) is 1.65. The number of aromatic nitrogens is 1. The lowest BCUT2D eigenvalue weighted by atomic mass is 10.2. The summed E-state index contributed by atoms with van der Waals surface area (Å²) in [5, 5.41) is 0.599. The second kappa shape index (κ2) is 6.60. The zero-order valence-corrected chi connectivity index (χ0v) is 14.6.